The van der Waals surface area contributed by atoms with Crippen molar-refractivity contribution in [3.05, 3.63) is 76.9 Å². The van der Waals surface area contributed by atoms with Crippen LogP contribution in [0.25, 0.3) is 5.57 Å². The van der Waals surface area contributed by atoms with Gasteiger partial charge in [-0.05, 0) is 37.3 Å². The monoisotopic (exact) mass is 332 g/mol. The summed E-state index contributed by atoms with van der Waals surface area (Å²) in [6, 6.07) is 10.7. The number of benzene rings is 1. The maximum absolute atomic E-state index is 12.4. The zero-order valence-electron chi connectivity index (χ0n) is 15.4. The van der Waals surface area contributed by atoms with Crippen LogP contribution in [-0.4, -0.2) is 5.78 Å². The fraction of sp³-hybridized carbons (Fsp3) is 0.375. The summed E-state index contributed by atoms with van der Waals surface area (Å²) in [5.74, 6) is 0.855. The van der Waals surface area contributed by atoms with Crippen molar-refractivity contribution in [2.45, 2.75) is 52.4 Å². The lowest BCUT2D eigenvalue weighted by atomic mass is 9.85. The fourth-order valence-corrected chi connectivity index (χ4v) is 3.92. The van der Waals surface area contributed by atoms with Crippen molar-refractivity contribution in [1.82, 2.24) is 0 Å². The summed E-state index contributed by atoms with van der Waals surface area (Å²) in [7, 11) is 0. The minimum atomic E-state index is 0.374. The Hall–Kier alpha value is -2.15. The van der Waals surface area contributed by atoms with E-state index >= 15 is 0 Å². The van der Waals surface area contributed by atoms with Crippen LogP contribution in [0.5, 0.6) is 0 Å². The van der Waals surface area contributed by atoms with Crippen LogP contribution in [0.3, 0.4) is 0 Å². The summed E-state index contributed by atoms with van der Waals surface area (Å²) in [4.78, 5) is 12.4. The van der Waals surface area contributed by atoms with E-state index in [1.54, 1.807) is 0 Å². The van der Waals surface area contributed by atoms with Crippen LogP contribution in [0.2, 0.25) is 0 Å². The van der Waals surface area contributed by atoms with E-state index in [1.165, 1.54) is 27.9 Å². The molecule has 1 heteroatoms. The van der Waals surface area contributed by atoms with Crippen molar-refractivity contribution >= 4 is 11.4 Å². The van der Waals surface area contributed by atoms with Gasteiger partial charge >= 0.3 is 0 Å². The number of ketones is 1. The lowest BCUT2D eigenvalue weighted by Crippen LogP contribution is -2.07. The molecule has 0 aromatic heterocycles. The van der Waals surface area contributed by atoms with Crippen molar-refractivity contribution in [1.29, 1.82) is 0 Å². The van der Waals surface area contributed by atoms with Crippen LogP contribution in [0.15, 0.2) is 71.4 Å². The molecule has 0 spiro atoms. The molecule has 1 aromatic carbocycles. The van der Waals surface area contributed by atoms with E-state index in [0.717, 1.165) is 25.7 Å². The van der Waals surface area contributed by atoms with Crippen LogP contribution < -0.4 is 0 Å². The molecule has 0 fully saturated rings. The Kier molecular flexibility index (Phi) is 5.86. The number of carbonyl (C=O) groups is 1. The number of hydrogen-bond donors (Lipinski definition) is 0. The Morgan fingerprint density at radius 3 is 2.64 bits per heavy atom. The smallest absolute Gasteiger partial charge is 0.137 e. The molecule has 0 bridgehead atoms. The molecule has 2 aliphatic rings. The molecule has 0 radical (unpaired) electrons. The average Bonchev–Trinajstić information content (AvgIpc) is 3.20. The second-order valence-corrected chi connectivity index (χ2v) is 7.24. The third-order valence-electron chi connectivity index (χ3n) is 5.22. The highest BCUT2D eigenvalue weighted by molar-refractivity contribution is 5.82. The Labute approximate surface area is 151 Å². The number of hydrogen-bond acceptors (Lipinski definition) is 1. The lowest BCUT2D eigenvalue weighted by Gasteiger charge is -2.19. The van der Waals surface area contributed by atoms with Crippen LogP contribution >= 0.6 is 0 Å². The van der Waals surface area contributed by atoms with Gasteiger partial charge in [0.05, 0.1) is 0 Å². The van der Waals surface area contributed by atoms with Gasteiger partial charge < -0.3 is 0 Å². The van der Waals surface area contributed by atoms with E-state index in [0.29, 0.717) is 24.5 Å². The molecule has 25 heavy (non-hydrogen) atoms. The molecule has 0 aliphatic heterocycles. The van der Waals surface area contributed by atoms with Gasteiger partial charge in [0.25, 0.3) is 0 Å². The molecule has 130 valence electrons. The van der Waals surface area contributed by atoms with Crippen molar-refractivity contribution in [3.63, 3.8) is 0 Å². The van der Waals surface area contributed by atoms with Crippen molar-refractivity contribution < 1.29 is 4.79 Å². The SMILES string of the molecule is CCCC1C(CCC(=O)CC2=CC(C)=CC2)=CC=C1c1ccccc1. The first-order valence-corrected chi connectivity index (χ1v) is 9.51. The summed E-state index contributed by atoms with van der Waals surface area (Å²) < 4.78 is 0. The highest BCUT2D eigenvalue weighted by Gasteiger charge is 2.23. The van der Waals surface area contributed by atoms with Gasteiger partial charge in [0.1, 0.15) is 5.78 Å². The lowest BCUT2D eigenvalue weighted by molar-refractivity contribution is -0.118. The predicted molar refractivity (Wildman–Crippen MR) is 106 cm³/mol. The first-order chi connectivity index (χ1) is 12.2. The highest BCUT2D eigenvalue weighted by Crippen LogP contribution is 2.39. The minimum Gasteiger partial charge on any atom is -0.299 e. The van der Waals surface area contributed by atoms with Gasteiger partial charge in [-0.15, -0.1) is 0 Å². The zero-order chi connectivity index (χ0) is 17.6. The quantitative estimate of drug-likeness (QED) is 0.535. The highest BCUT2D eigenvalue weighted by atomic mass is 16.1. The van der Waals surface area contributed by atoms with Crippen LogP contribution in [-0.2, 0) is 4.79 Å². The molecule has 0 N–H and O–H groups in total. The number of Topliss-reactive ketones (excluding diaryl/α,β-unsaturated/α-hetero) is 1. The topological polar surface area (TPSA) is 17.1 Å². The number of carbonyl (C=O) groups excluding carboxylic acids is 1. The maximum atomic E-state index is 12.4. The molecule has 1 nitrogen and oxygen atoms in total. The van der Waals surface area contributed by atoms with Gasteiger partial charge in [0.15, 0.2) is 0 Å². The number of allylic oxidation sites excluding steroid dienone is 8. The third kappa shape index (κ3) is 4.48. The van der Waals surface area contributed by atoms with Crippen LogP contribution in [0, 0.1) is 5.92 Å². The Bertz CT molecular complexity index is 744. The molecule has 0 saturated carbocycles. The third-order valence-corrected chi connectivity index (χ3v) is 5.22. The molecule has 1 aromatic rings. The first-order valence-electron chi connectivity index (χ1n) is 9.51. The molecule has 0 heterocycles. The average molecular weight is 332 g/mol. The fourth-order valence-electron chi connectivity index (χ4n) is 3.92. The zero-order valence-corrected chi connectivity index (χ0v) is 15.4. The maximum Gasteiger partial charge on any atom is 0.137 e. The van der Waals surface area contributed by atoms with E-state index in [-0.39, 0.29) is 0 Å². The van der Waals surface area contributed by atoms with E-state index in [1.807, 2.05) is 0 Å². The van der Waals surface area contributed by atoms with E-state index < -0.39 is 0 Å². The van der Waals surface area contributed by atoms with E-state index in [2.05, 4.69) is 68.5 Å². The van der Waals surface area contributed by atoms with Gasteiger partial charge in [-0.2, -0.15) is 0 Å². The summed E-state index contributed by atoms with van der Waals surface area (Å²) in [6.45, 7) is 4.35. The molecular weight excluding hydrogens is 304 g/mol. The number of rotatable bonds is 8. The normalized spacial score (nSPS) is 19.4. The summed E-state index contributed by atoms with van der Waals surface area (Å²) in [6.07, 6.45) is 14.4. The van der Waals surface area contributed by atoms with Crippen molar-refractivity contribution in [2.24, 2.45) is 5.92 Å². The Morgan fingerprint density at radius 1 is 1.16 bits per heavy atom. The summed E-state index contributed by atoms with van der Waals surface area (Å²) in [5.41, 5.74) is 6.74. The minimum absolute atomic E-state index is 0.374. The summed E-state index contributed by atoms with van der Waals surface area (Å²) in [5, 5.41) is 0. The van der Waals surface area contributed by atoms with Crippen molar-refractivity contribution in [3.8, 4) is 0 Å². The van der Waals surface area contributed by atoms with Crippen molar-refractivity contribution in [2.75, 3.05) is 0 Å². The Balaban J connectivity index is 1.57. The van der Waals surface area contributed by atoms with E-state index in [4.69, 9.17) is 0 Å². The van der Waals surface area contributed by atoms with Gasteiger partial charge in [-0.1, -0.05) is 84.7 Å². The van der Waals surface area contributed by atoms with Crippen LogP contribution in [0.4, 0.5) is 0 Å². The second-order valence-electron chi connectivity index (χ2n) is 7.24. The van der Waals surface area contributed by atoms with Gasteiger partial charge in [-0.25, -0.2) is 0 Å². The predicted octanol–water partition coefficient (Wildman–Crippen LogP) is 6.44. The van der Waals surface area contributed by atoms with E-state index in [9.17, 15) is 4.79 Å². The van der Waals surface area contributed by atoms with Gasteiger partial charge in [0.2, 0.25) is 0 Å². The summed E-state index contributed by atoms with van der Waals surface area (Å²) >= 11 is 0. The Morgan fingerprint density at radius 2 is 1.96 bits per heavy atom. The molecule has 0 amide bonds. The molecular formula is C24H28O. The van der Waals surface area contributed by atoms with Gasteiger partial charge in [0, 0.05) is 18.8 Å². The van der Waals surface area contributed by atoms with Crippen LogP contribution in [0.1, 0.15) is 57.9 Å². The second kappa shape index (κ2) is 8.29. The molecule has 1 unspecified atom stereocenters. The molecule has 2 aliphatic carbocycles. The van der Waals surface area contributed by atoms with Gasteiger partial charge in [-0.3, -0.25) is 4.79 Å². The molecule has 3 rings (SSSR count). The molecule has 1 atom stereocenters. The molecule has 0 saturated heterocycles. The largest absolute Gasteiger partial charge is 0.299 e. The first kappa shape index (κ1) is 17.7. The standard InChI is InChI=1S/C24H28O/c1-3-7-23-21(13-15-24(23)20-8-5-4-6-9-20)12-14-22(25)17-19-11-10-18(2)16-19/h4-6,8-10,13,15-16,23H,3,7,11-12,14,17H2,1-2H3.